The van der Waals surface area contributed by atoms with Crippen LogP contribution in [-0.4, -0.2) is 6.61 Å². The molecule has 0 N–H and O–H groups in total. The topological polar surface area (TPSA) is 33.0 Å². The van der Waals surface area contributed by atoms with Crippen molar-refractivity contribution < 1.29 is 4.74 Å². The third kappa shape index (κ3) is 4.51. The van der Waals surface area contributed by atoms with Gasteiger partial charge in [-0.1, -0.05) is 41.4 Å². The maximum absolute atomic E-state index is 9.33. The van der Waals surface area contributed by atoms with E-state index < -0.39 is 0 Å². The van der Waals surface area contributed by atoms with E-state index in [1.54, 1.807) is 0 Å². The molecule has 3 heteroatoms. The average Bonchev–Trinajstić information content (AvgIpc) is 2.52. The van der Waals surface area contributed by atoms with Crippen molar-refractivity contribution in [2.24, 2.45) is 0 Å². The van der Waals surface area contributed by atoms with Gasteiger partial charge in [0.2, 0.25) is 0 Å². The summed E-state index contributed by atoms with van der Waals surface area (Å²) in [6.07, 6.45) is 1.64. The molecule has 1 atom stereocenters. The SMILES string of the molecule is Cc1ccc(C(C#N)CCCOc2ccc(Cl)c(C)c2)cc1. The van der Waals surface area contributed by atoms with Crippen LogP contribution in [0.4, 0.5) is 0 Å². The highest BCUT2D eigenvalue weighted by Gasteiger charge is 2.10. The van der Waals surface area contributed by atoms with E-state index in [0.717, 1.165) is 34.7 Å². The number of nitrogens with zero attached hydrogens (tertiary/aromatic N) is 1. The summed E-state index contributed by atoms with van der Waals surface area (Å²) in [4.78, 5) is 0. The van der Waals surface area contributed by atoms with E-state index >= 15 is 0 Å². The van der Waals surface area contributed by atoms with Crippen molar-refractivity contribution in [1.82, 2.24) is 0 Å². The molecule has 2 aromatic rings. The van der Waals surface area contributed by atoms with E-state index in [9.17, 15) is 5.26 Å². The fourth-order valence-corrected chi connectivity index (χ4v) is 2.41. The lowest BCUT2D eigenvalue weighted by Gasteiger charge is -2.11. The predicted octanol–water partition coefficient (Wildman–Crippen LogP) is 5.42. The van der Waals surface area contributed by atoms with E-state index in [0.29, 0.717) is 6.61 Å². The largest absolute Gasteiger partial charge is 0.494 e. The van der Waals surface area contributed by atoms with Crippen molar-refractivity contribution in [1.29, 1.82) is 5.26 Å². The summed E-state index contributed by atoms with van der Waals surface area (Å²) in [5.41, 5.74) is 3.30. The molecule has 0 amide bonds. The van der Waals surface area contributed by atoms with Gasteiger partial charge in [-0.15, -0.1) is 0 Å². The summed E-state index contributed by atoms with van der Waals surface area (Å²) >= 11 is 5.99. The molecule has 2 aromatic carbocycles. The van der Waals surface area contributed by atoms with Gasteiger partial charge in [-0.3, -0.25) is 0 Å². The molecule has 114 valence electrons. The highest BCUT2D eigenvalue weighted by molar-refractivity contribution is 6.31. The van der Waals surface area contributed by atoms with E-state index in [-0.39, 0.29) is 5.92 Å². The molecule has 2 rings (SSSR count). The Hall–Kier alpha value is -1.98. The summed E-state index contributed by atoms with van der Waals surface area (Å²) < 4.78 is 5.72. The Morgan fingerprint density at radius 3 is 2.50 bits per heavy atom. The Balaban J connectivity index is 1.83. The number of aryl methyl sites for hydroxylation is 2. The van der Waals surface area contributed by atoms with Gasteiger partial charge in [-0.2, -0.15) is 5.26 Å². The highest BCUT2D eigenvalue weighted by Crippen LogP contribution is 2.23. The van der Waals surface area contributed by atoms with Crippen LogP contribution in [0.15, 0.2) is 42.5 Å². The number of rotatable bonds is 6. The maximum Gasteiger partial charge on any atom is 0.119 e. The van der Waals surface area contributed by atoms with Crippen molar-refractivity contribution in [3.8, 4) is 11.8 Å². The summed E-state index contributed by atoms with van der Waals surface area (Å²) in [6.45, 7) is 4.61. The first-order chi connectivity index (χ1) is 10.6. The zero-order chi connectivity index (χ0) is 15.9. The molecule has 2 nitrogen and oxygen atoms in total. The van der Waals surface area contributed by atoms with E-state index in [1.807, 2.05) is 56.3 Å². The van der Waals surface area contributed by atoms with Crippen LogP contribution in [0.1, 0.15) is 35.4 Å². The van der Waals surface area contributed by atoms with Crippen molar-refractivity contribution in [2.45, 2.75) is 32.6 Å². The predicted molar refractivity (Wildman–Crippen MR) is 90.5 cm³/mol. The van der Waals surface area contributed by atoms with Crippen molar-refractivity contribution in [3.63, 3.8) is 0 Å². The van der Waals surface area contributed by atoms with Crippen molar-refractivity contribution in [2.75, 3.05) is 6.61 Å². The fraction of sp³-hybridized carbons (Fsp3) is 0.316. The molecule has 0 bridgehead atoms. The summed E-state index contributed by atoms with van der Waals surface area (Å²) in [5, 5.41) is 10.1. The standard InChI is InChI=1S/C19H20ClNO/c1-14-5-7-16(8-6-14)17(13-21)4-3-11-22-18-9-10-19(20)15(2)12-18/h5-10,12,17H,3-4,11H2,1-2H3. The lowest BCUT2D eigenvalue weighted by atomic mass is 9.95. The number of benzene rings is 2. The zero-order valence-corrected chi connectivity index (χ0v) is 13.7. The summed E-state index contributed by atoms with van der Waals surface area (Å²) in [5.74, 6) is 0.752. The second-order valence-electron chi connectivity index (χ2n) is 5.49. The smallest absolute Gasteiger partial charge is 0.119 e. The van der Waals surface area contributed by atoms with Gasteiger partial charge in [0.25, 0.3) is 0 Å². The lowest BCUT2D eigenvalue weighted by Crippen LogP contribution is -2.02. The van der Waals surface area contributed by atoms with Gasteiger partial charge in [0.05, 0.1) is 18.6 Å². The van der Waals surface area contributed by atoms with Crippen LogP contribution in [0.3, 0.4) is 0 Å². The monoisotopic (exact) mass is 313 g/mol. The first-order valence-corrected chi connectivity index (χ1v) is 7.83. The minimum absolute atomic E-state index is 0.0730. The second-order valence-corrected chi connectivity index (χ2v) is 5.90. The number of hydrogen-bond donors (Lipinski definition) is 0. The van der Waals surface area contributed by atoms with Crippen LogP contribution in [0.5, 0.6) is 5.75 Å². The Bertz CT molecular complexity index is 658. The van der Waals surface area contributed by atoms with Crippen molar-refractivity contribution >= 4 is 11.6 Å². The van der Waals surface area contributed by atoms with Gasteiger partial charge in [0, 0.05) is 5.02 Å². The average molecular weight is 314 g/mol. The molecule has 22 heavy (non-hydrogen) atoms. The molecule has 0 spiro atoms. The number of hydrogen-bond acceptors (Lipinski definition) is 2. The Morgan fingerprint density at radius 1 is 1.14 bits per heavy atom. The molecule has 0 aliphatic heterocycles. The third-order valence-corrected chi connectivity index (χ3v) is 4.09. The summed E-state index contributed by atoms with van der Waals surface area (Å²) in [7, 11) is 0. The molecule has 0 saturated heterocycles. The van der Waals surface area contributed by atoms with Gasteiger partial charge in [0.15, 0.2) is 0 Å². The zero-order valence-electron chi connectivity index (χ0n) is 13.0. The minimum Gasteiger partial charge on any atom is -0.494 e. The lowest BCUT2D eigenvalue weighted by molar-refractivity contribution is 0.305. The first kappa shape index (κ1) is 16.4. The van der Waals surface area contributed by atoms with Crippen LogP contribution >= 0.6 is 11.6 Å². The Kier molecular flexibility index (Phi) is 5.86. The van der Waals surface area contributed by atoms with Crippen LogP contribution in [0.25, 0.3) is 0 Å². The molecular weight excluding hydrogens is 294 g/mol. The molecule has 1 unspecified atom stereocenters. The minimum atomic E-state index is -0.0730. The van der Waals surface area contributed by atoms with E-state index in [2.05, 4.69) is 6.07 Å². The van der Waals surface area contributed by atoms with Crippen molar-refractivity contribution in [3.05, 3.63) is 64.2 Å². The molecule has 0 radical (unpaired) electrons. The van der Waals surface area contributed by atoms with Crippen LogP contribution in [-0.2, 0) is 0 Å². The normalized spacial score (nSPS) is 11.7. The maximum atomic E-state index is 9.33. The Labute approximate surface area is 137 Å². The molecule has 0 aliphatic rings. The third-order valence-electron chi connectivity index (χ3n) is 3.67. The van der Waals surface area contributed by atoms with Crippen LogP contribution in [0.2, 0.25) is 5.02 Å². The van der Waals surface area contributed by atoms with E-state index in [1.165, 1.54) is 5.56 Å². The van der Waals surface area contributed by atoms with E-state index in [4.69, 9.17) is 16.3 Å². The van der Waals surface area contributed by atoms with Gasteiger partial charge < -0.3 is 4.74 Å². The fourth-order valence-electron chi connectivity index (χ4n) is 2.29. The molecule has 0 saturated carbocycles. The quantitative estimate of drug-likeness (QED) is 0.667. The number of nitriles is 1. The summed E-state index contributed by atoms with van der Waals surface area (Å²) in [6, 6.07) is 16.2. The molecule has 0 aromatic heterocycles. The van der Waals surface area contributed by atoms with Gasteiger partial charge in [0.1, 0.15) is 5.75 Å². The first-order valence-electron chi connectivity index (χ1n) is 7.45. The molecule has 0 aliphatic carbocycles. The molecule has 0 fully saturated rings. The van der Waals surface area contributed by atoms with Gasteiger partial charge in [-0.25, -0.2) is 0 Å². The Morgan fingerprint density at radius 2 is 1.86 bits per heavy atom. The number of halogens is 1. The second kappa shape index (κ2) is 7.87. The number of ether oxygens (including phenoxy) is 1. The van der Waals surface area contributed by atoms with Crippen LogP contribution < -0.4 is 4.74 Å². The molecule has 0 heterocycles. The van der Waals surface area contributed by atoms with Gasteiger partial charge in [-0.05, 0) is 56.0 Å². The van der Waals surface area contributed by atoms with Gasteiger partial charge >= 0.3 is 0 Å². The van der Waals surface area contributed by atoms with Crippen LogP contribution in [0, 0.1) is 25.2 Å². The highest BCUT2D eigenvalue weighted by atomic mass is 35.5. The molecular formula is C19H20ClNO.